The van der Waals surface area contributed by atoms with Crippen LogP contribution in [0.3, 0.4) is 0 Å². The van der Waals surface area contributed by atoms with Gasteiger partial charge in [-0.1, -0.05) is 11.8 Å². The van der Waals surface area contributed by atoms with Crippen molar-refractivity contribution in [1.29, 1.82) is 0 Å². The molecule has 0 aliphatic carbocycles. The summed E-state index contributed by atoms with van der Waals surface area (Å²) in [4.78, 5) is 30.5. The SMILES string of the molecule is Cc1csc(Sc2ccc(C(=O)Nc3n[nH]c(C(F)(F)F)n3)cc2[N+](=O)[O-])n1. The molecule has 2 heterocycles. The molecule has 0 unspecified atom stereocenters. The number of aryl methyl sites for hydroxylation is 1. The lowest BCUT2D eigenvalue weighted by Crippen LogP contribution is -2.14. The van der Waals surface area contributed by atoms with Gasteiger partial charge in [0.15, 0.2) is 4.34 Å². The first-order valence-electron chi connectivity index (χ1n) is 7.33. The van der Waals surface area contributed by atoms with Gasteiger partial charge in [0.25, 0.3) is 11.6 Å². The Kier molecular flexibility index (Phi) is 5.33. The second kappa shape index (κ2) is 7.55. The van der Waals surface area contributed by atoms with E-state index in [1.165, 1.54) is 23.5 Å². The number of thiazole rings is 1. The number of carbonyl (C=O) groups excluding carboxylic acids is 1. The molecule has 146 valence electrons. The van der Waals surface area contributed by atoms with Gasteiger partial charge >= 0.3 is 6.18 Å². The zero-order chi connectivity index (χ0) is 20.5. The third kappa shape index (κ3) is 4.45. The van der Waals surface area contributed by atoms with Crippen molar-refractivity contribution in [2.24, 2.45) is 0 Å². The highest BCUT2D eigenvalue weighted by molar-refractivity contribution is 8.01. The predicted molar refractivity (Wildman–Crippen MR) is 93.4 cm³/mol. The molecule has 0 aliphatic rings. The molecule has 2 aromatic heterocycles. The van der Waals surface area contributed by atoms with Gasteiger partial charge in [0.2, 0.25) is 11.8 Å². The van der Waals surface area contributed by atoms with Crippen molar-refractivity contribution >= 4 is 40.6 Å². The van der Waals surface area contributed by atoms with Gasteiger partial charge < -0.3 is 0 Å². The highest BCUT2D eigenvalue weighted by Gasteiger charge is 2.35. The van der Waals surface area contributed by atoms with Gasteiger partial charge in [-0.3, -0.25) is 25.3 Å². The van der Waals surface area contributed by atoms with Crippen LogP contribution in [0, 0.1) is 17.0 Å². The number of benzene rings is 1. The summed E-state index contributed by atoms with van der Waals surface area (Å²) < 4.78 is 38.1. The number of nitrogens with one attached hydrogen (secondary N) is 2. The monoisotopic (exact) mass is 430 g/mol. The molecule has 0 saturated heterocycles. The number of hydrogen-bond acceptors (Lipinski definition) is 8. The third-order valence-corrected chi connectivity index (χ3v) is 5.31. The van der Waals surface area contributed by atoms with Gasteiger partial charge in [-0.25, -0.2) is 4.98 Å². The maximum absolute atomic E-state index is 12.5. The fourth-order valence-corrected chi connectivity index (χ4v) is 3.86. The zero-order valence-corrected chi connectivity index (χ0v) is 15.4. The maximum atomic E-state index is 12.5. The van der Waals surface area contributed by atoms with Crippen molar-refractivity contribution in [3.05, 3.63) is 50.8 Å². The van der Waals surface area contributed by atoms with Gasteiger partial charge in [-0.05, 0) is 19.1 Å². The van der Waals surface area contributed by atoms with Crippen molar-refractivity contribution < 1.29 is 22.9 Å². The Labute approximate surface area is 162 Å². The van der Waals surface area contributed by atoms with Crippen LogP contribution in [0.25, 0.3) is 0 Å². The number of halogens is 3. The molecule has 3 rings (SSSR count). The van der Waals surface area contributed by atoms with Crippen LogP contribution < -0.4 is 5.32 Å². The van der Waals surface area contributed by atoms with E-state index in [2.05, 4.69) is 20.4 Å². The molecule has 1 amide bonds. The van der Waals surface area contributed by atoms with Gasteiger partial charge in [0.05, 0.1) is 9.82 Å². The Balaban J connectivity index is 1.81. The largest absolute Gasteiger partial charge is 0.451 e. The van der Waals surface area contributed by atoms with E-state index in [0.717, 1.165) is 23.5 Å². The summed E-state index contributed by atoms with van der Waals surface area (Å²) >= 11 is 2.39. The molecule has 0 aliphatic heterocycles. The van der Waals surface area contributed by atoms with Crippen molar-refractivity contribution in [3.8, 4) is 0 Å². The Bertz CT molecular complexity index is 1050. The minimum Gasteiger partial charge on any atom is -0.289 e. The summed E-state index contributed by atoms with van der Waals surface area (Å²) in [5, 5.41) is 20.1. The molecular formula is C14H9F3N6O3S2. The standard InChI is InChI=1S/C14H9F3N6O3S2/c1-6-5-27-13(18-6)28-9-3-2-7(4-8(9)23(25)26)10(24)19-12-20-11(21-22-12)14(15,16)17/h2-5H,1H3,(H2,19,20,21,22,24). The fourth-order valence-electron chi connectivity index (χ4n) is 1.98. The molecule has 3 aromatic rings. The first-order chi connectivity index (χ1) is 13.1. The number of nitro benzene ring substituents is 1. The van der Waals surface area contributed by atoms with E-state index < -0.39 is 28.8 Å². The van der Waals surface area contributed by atoms with Crippen molar-refractivity contribution in [1.82, 2.24) is 20.2 Å². The average molecular weight is 430 g/mol. The number of carbonyl (C=O) groups is 1. The average Bonchev–Trinajstić information content (AvgIpc) is 3.23. The summed E-state index contributed by atoms with van der Waals surface area (Å²) in [5.74, 6) is -2.87. The van der Waals surface area contributed by atoms with Crippen LogP contribution in [0.1, 0.15) is 21.9 Å². The molecule has 0 radical (unpaired) electrons. The Morgan fingerprint density at radius 3 is 2.68 bits per heavy atom. The van der Waals surface area contributed by atoms with Crippen molar-refractivity contribution in [2.75, 3.05) is 5.32 Å². The number of rotatable bonds is 5. The van der Waals surface area contributed by atoms with E-state index in [0.29, 0.717) is 4.34 Å². The lowest BCUT2D eigenvalue weighted by Gasteiger charge is -2.04. The van der Waals surface area contributed by atoms with Crippen molar-refractivity contribution in [2.45, 2.75) is 22.3 Å². The van der Waals surface area contributed by atoms with Crippen LogP contribution in [0.5, 0.6) is 0 Å². The lowest BCUT2D eigenvalue weighted by molar-refractivity contribution is -0.387. The van der Waals surface area contributed by atoms with Gasteiger partial charge in [-0.15, -0.1) is 16.4 Å². The number of anilines is 1. The Hall–Kier alpha value is -3.00. The second-order valence-electron chi connectivity index (χ2n) is 5.26. The van der Waals surface area contributed by atoms with Gasteiger partial charge in [0.1, 0.15) is 0 Å². The van der Waals surface area contributed by atoms with E-state index in [1.807, 2.05) is 0 Å². The van der Waals surface area contributed by atoms with E-state index in [-0.39, 0.29) is 16.1 Å². The van der Waals surface area contributed by atoms with E-state index in [1.54, 1.807) is 17.4 Å². The second-order valence-corrected chi connectivity index (χ2v) is 7.40. The number of hydrogen-bond donors (Lipinski definition) is 2. The molecule has 28 heavy (non-hydrogen) atoms. The van der Waals surface area contributed by atoms with E-state index in [9.17, 15) is 28.1 Å². The molecule has 0 spiro atoms. The number of nitro groups is 1. The lowest BCUT2D eigenvalue weighted by atomic mass is 10.2. The fraction of sp³-hybridized carbons (Fsp3) is 0.143. The molecule has 0 saturated carbocycles. The first kappa shape index (κ1) is 19.8. The number of aromatic nitrogens is 4. The van der Waals surface area contributed by atoms with E-state index in [4.69, 9.17) is 0 Å². The molecule has 0 fully saturated rings. The number of H-pyrrole nitrogens is 1. The topological polar surface area (TPSA) is 127 Å². The Morgan fingerprint density at radius 2 is 2.11 bits per heavy atom. The van der Waals surface area contributed by atoms with Crippen LogP contribution >= 0.6 is 23.1 Å². The molecular weight excluding hydrogens is 421 g/mol. The number of aromatic amines is 1. The van der Waals surface area contributed by atoms with Crippen LogP contribution in [0.15, 0.2) is 32.8 Å². The van der Waals surface area contributed by atoms with Crippen LogP contribution in [-0.2, 0) is 6.18 Å². The minimum absolute atomic E-state index is 0.135. The summed E-state index contributed by atoms with van der Waals surface area (Å²) in [6.45, 7) is 1.79. The summed E-state index contributed by atoms with van der Waals surface area (Å²) in [6, 6.07) is 3.70. The summed E-state index contributed by atoms with van der Waals surface area (Å²) in [6.07, 6.45) is -4.75. The molecule has 2 N–H and O–H groups in total. The number of amides is 1. The summed E-state index contributed by atoms with van der Waals surface area (Å²) in [5.41, 5.74) is 0.303. The van der Waals surface area contributed by atoms with E-state index >= 15 is 0 Å². The zero-order valence-electron chi connectivity index (χ0n) is 13.8. The molecule has 9 nitrogen and oxygen atoms in total. The molecule has 14 heteroatoms. The third-order valence-electron chi connectivity index (χ3n) is 3.19. The molecule has 0 bridgehead atoms. The summed E-state index contributed by atoms with van der Waals surface area (Å²) in [7, 11) is 0. The van der Waals surface area contributed by atoms with Crippen LogP contribution in [0.2, 0.25) is 0 Å². The van der Waals surface area contributed by atoms with Gasteiger partial charge in [0, 0.05) is 22.7 Å². The van der Waals surface area contributed by atoms with Crippen LogP contribution in [-0.4, -0.2) is 31.0 Å². The highest BCUT2D eigenvalue weighted by Crippen LogP contribution is 2.37. The van der Waals surface area contributed by atoms with Crippen molar-refractivity contribution in [3.63, 3.8) is 0 Å². The van der Waals surface area contributed by atoms with Crippen LogP contribution in [0.4, 0.5) is 24.8 Å². The highest BCUT2D eigenvalue weighted by atomic mass is 32.2. The quantitative estimate of drug-likeness (QED) is 0.464. The Morgan fingerprint density at radius 1 is 1.36 bits per heavy atom. The normalized spacial score (nSPS) is 11.4. The first-order valence-corrected chi connectivity index (χ1v) is 9.02. The molecule has 1 aromatic carbocycles. The maximum Gasteiger partial charge on any atom is 0.451 e. The minimum atomic E-state index is -4.75. The smallest absolute Gasteiger partial charge is 0.289 e. The number of alkyl halides is 3. The molecule has 0 atom stereocenters. The predicted octanol–water partition coefficient (Wildman–Crippen LogP) is 3.90. The number of nitrogens with zero attached hydrogens (tertiary/aromatic N) is 4. The van der Waals surface area contributed by atoms with Gasteiger partial charge in [-0.2, -0.15) is 18.2 Å².